The Kier molecular flexibility index (Phi) is 8.50. The summed E-state index contributed by atoms with van der Waals surface area (Å²) in [6, 6.07) is 6.14. The van der Waals surface area contributed by atoms with Crippen LogP contribution in [0.5, 0.6) is 0 Å². The van der Waals surface area contributed by atoms with Crippen LogP contribution in [0.4, 0.5) is 14.5 Å². The summed E-state index contributed by atoms with van der Waals surface area (Å²) in [6.07, 6.45) is 1.97. The number of carbonyl (C=O) groups is 1. The van der Waals surface area contributed by atoms with Crippen LogP contribution in [0.2, 0.25) is 0 Å². The van der Waals surface area contributed by atoms with Gasteiger partial charge in [-0.15, -0.1) is 0 Å². The van der Waals surface area contributed by atoms with Gasteiger partial charge in [0, 0.05) is 38.0 Å². The minimum absolute atomic E-state index is 0.0449. The van der Waals surface area contributed by atoms with Crippen molar-refractivity contribution in [1.82, 2.24) is 14.2 Å². The first-order valence-electron chi connectivity index (χ1n) is 12.3. The lowest BCUT2D eigenvalue weighted by molar-refractivity contribution is 0.102. The van der Waals surface area contributed by atoms with Crippen LogP contribution < -0.4 is 11.1 Å². The Labute approximate surface area is 240 Å². The molecule has 3 N–H and O–H groups in total. The maximum Gasteiger partial charge on any atom is 0.274 e. The number of hydrogen-bond acceptors (Lipinski definition) is 8. The van der Waals surface area contributed by atoms with Gasteiger partial charge in [0.05, 0.1) is 12.8 Å². The number of aliphatic imine (C=N–C) groups is 1. The fraction of sp³-hybridized carbons (Fsp3) is 0.480. The van der Waals surface area contributed by atoms with Gasteiger partial charge in [0.15, 0.2) is 2.75 Å². The summed E-state index contributed by atoms with van der Waals surface area (Å²) in [6.45, 7) is 4.04. The van der Waals surface area contributed by atoms with E-state index in [-0.39, 0.29) is 29.3 Å². The minimum Gasteiger partial charge on any atom is -0.381 e. The number of nitrogens with one attached hydrogen (secondary N) is 1. The summed E-state index contributed by atoms with van der Waals surface area (Å²) in [7, 11) is -0.884. The third-order valence-corrected chi connectivity index (χ3v) is 12.9. The Hall–Kier alpha value is -2.43. The number of rotatable bonds is 8. The first kappa shape index (κ1) is 29.6. The topological polar surface area (TPSA) is 130 Å². The number of ether oxygens (including phenoxy) is 1. The highest BCUT2D eigenvalue weighted by molar-refractivity contribution is 14.1. The van der Waals surface area contributed by atoms with Crippen LogP contribution in [-0.2, 0) is 20.3 Å². The van der Waals surface area contributed by atoms with Crippen molar-refractivity contribution in [2.45, 2.75) is 28.1 Å². The maximum atomic E-state index is 15.5. The second-order valence-corrected chi connectivity index (χ2v) is 14.8. The van der Waals surface area contributed by atoms with Crippen molar-refractivity contribution >= 4 is 50.2 Å². The molecule has 3 heterocycles. The molecule has 1 unspecified atom stereocenters. The van der Waals surface area contributed by atoms with Crippen LogP contribution in [0.3, 0.4) is 0 Å². The van der Waals surface area contributed by atoms with Gasteiger partial charge in [0.2, 0.25) is 5.96 Å². The van der Waals surface area contributed by atoms with Crippen molar-refractivity contribution in [3.63, 3.8) is 0 Å². The van der Waals surface area contributed by atoms with E-state index in [4.69, 9.17) is 10.5 Å². The van der Waals surface area contributed by atoms with Crippen LogP contribution in [0, 0.1) is 17.6 Å². The molecule has 2 aromatic rings. The zero-order valence-electron chi connectivity index (χ0n) is 21.8. The van der Waals surface area contributed by atoms with Gasteiger partial charge in [-0.3, -0.25) is 4.79 Å². The standard InChI is InChI=1S/C25H31F2IN6O4S/c1-24(19-12-18(5-6-20(19)27)31-22(35)21-7-4-17(26)13-30-21)25(28,39(36,37)34(3)23(29)32-24)9-10-33(2)14-16-8-11-38-15-16/h4-7,12-13,16H,8-11,14-15H2,1-3H3,(H2,29,32)(H,31,35)/t16?,24-,25+/m1/s1. The molecular weight excluding hydrogens is 645 g/mol. The number of nitrogens with zero attached hydrogens (tertiary/aromatic N) is 4. The Morgan fingerprint density at radius 3 is 2.72 bits per heavy atom. The van der Waals surface area contributed by atoms with Gasteiger partial charge >= 0.3 is 0 Å². The largest absolute Gasteiger partial charge is 0.381 e. The molecule has 2 aliphatic heterocycles. The van der Waals surface area contributed by atoms with Gasteiger partial charge in [-0.1, -0.05) is 22.6 Å². The molecule has 39 heavy (non-hydrogen) atoms. The lowest BCUT2D eigenvalue weighted by Crippen LogP contribution is -2.62. The Morgan fingerprint density at radius 1 is 1.33 bits per heavy atom. The molecule has 212 valence electrons. The fourth-order valence-corrected chi connectivity index (χ4v) is 8.15. The number of sulfonamides is 1. The number of aromatic nitrogens is 1. The molecule has 0 spiro atoms. The molecule has 4 rings (SSSR count). The van der Waals surface area contributed by atoms with Crippen LogP contribution in [-0.4, -0.2) is 77.6 Å². The van der Waals surface area contributed by atoms with Crippen molar-refractivity contribution in [3.8, 4) is 0 Å². The summed E-state index contributed by atoms with van der Waals surface area (Å²) >= 11 is 1.86. The van der Waals surface area contributed by atoms with Gasteiger partial charge in [-0.2, -0.15) is 0 Å². The predicted octanol–water partition coefficient (Wildman–Crippen LogP) is 2.91. The molecule has 3 atom stereocenters. The van der Waals surface area contributed by atoms with E-state index in [0.717, 1.165) is 35.6 Å². The Balaban J connectivity index is 1.69. The number of carbonyl (C=O) groups excluding carboxylic acids is 1. The van der Waals surface area contributed by atoms with E-state index >= 15 is 4.39 Å². The molecule has 0 saturated carbocycles. The van der Waals surface area contributed by atoms with Gasteiger partial charge in [-0.25, -0.2) is 31.5 Å². The molecule has 10 nitrogen and oxygen atoms in total. The van der Waals surface area contributed by atoms with E-state index in [1.807, 2.05) is 34.5 Å². The first-order chi connectivity index (χ1) is 18.3. The van der Waals surface area contributed by atoms with Crippen molar-refractivity contribution in [3.05, 3.63) is 59.4 Å². The molecule has 2 aliphatic rings. The molecule has 1 amide bonds. The predicted molar refractivity (Wildman–Crippen MR) is 152 cm³/mol. The minimum atomic E-state index is -4.12. The first-order valence-corrected chi connectivity index (χ1v) is 14.8. The maximum absolute atomic E-state index is 15.5. The zero-order chi connectivity index (χ0) is 28.6. The van der Waals surface area contributed by atoms with Crippen molar-refractivity contribution in [1.29, 1.82) is 0 Å². The Morgan fingerprint density at radius 2 is 2.08 bits per heavy atom. The Bertz CT molecular complexity index is 1370. The summed E-state index contributed by atoms with van der Waals surface area (Å²) in [4.78, 5) is 23.0. The number of nitrogens with two attached hydrogens (primary N) is 1. The average Bonchev–Trinajstić information content (AvgIpc) is 3.40. The van der Waals surface area contributed by atoms with E-state index < -0.39 is 35.9 Å². The van der Waals surface area contributed by atoms with Crippen LogP contribution >= 0.6 is 22.6 Å². The summed E-state index contributed by atoms with van der Waals surface area (Å²) in [5.74, 6) is -1.85. The quantitative estimate of drug-likeness (QED) is 0.325. The highest BCUT2D eigenvalue weighted by atomic mass is 127. The van der Waals surface area contributed by atoms with E-state index in [9.17, 15) is 17.6 Å². The molecule has 0 bridgehead atoms. The molecule has 1 aromatic heterocycles. The van der Waals surface area contributed by atoms with Crippen LogP contribution in [0.1, 0.15) is 35.8 Å². The molecule has 0 aliphatic carbocycles. The lowest BCUT2D eigenvalue weighted by atomic mass is 9.86. The summed E-state index contributed by atoms with van der Waals surface area (Å²) < 4.78 is 61.2. The summed E-state index contributed by atoms with van der Waals surface area (Å²) in [5.41, 5.74) is 4.49. The monoisotopic (exact) mass is 676 g/mol. The normalized spacial score (nSPS) is 26.5. The van der Waals surface area contributed by atoms with E-state index in [0.29, 0.717) is 25.7 Å². The second-order valence-electron chi connectivity index (χ2n) is 10.00. The number of halogens is 3. The van der Waals surface area contributed by atoms with Gasteiger partial charge in [0.1, 0.15) is 22.9 Å². The van der Waals surface area contributed by atoms with E-state index in [2.05, 4.69) is 15.3 Å². The number of amides is 1. The molecule has 1 fully saturated rings. The summed E-state index contributed by atoms with van der Waals surface area (Å²) in [5, 5.41) is 2.61. The zero-order valence-corrected chi connectivity index (χ0v) is 24.8. The molecule has 0 radical (unpaired) electrons. The van der Waals surface area contributed by atoms with Crippen LogP contribution in [0.15, 0.2) is 41.5 Å². The van der Waals surface area contributed by atoms with E-state index in [1.54, 1.807) is 0 Å². The number of alkyl halides is 1. The van der Waals surface area contributed by atoms with E-state index in [1.165, 1.54) is 32.2 Å². The van der Waals surface area contributed by atoms with Gasteiger partial charge in [-0.05, 0) is 63.1 Å². The number of benzene rings is 1. The molecule has 1 saturated heterocycles. The number of anilines is 1. The van der Waals surface area contributed by atoms with Gasteiger partial charge < -0.3 is 20.7 Å². The molecule has 1 aromatic carbocycles. The lowest BCUT2D eigenvalue weighted by Gasteiger charge is -2.48. The third-order valence-electron chi connectivity index (χ3n) is 7.27. The molecule has 14 heteroatoms. The number of guanidine groups is 1. The third kappa shape index (κ3) is 5.60. The van der Waals surface area contributed by atoms with Crippen LogP contribution in [0.25, 0.3) is 0 Å². The SMILES string of the molecule is CN(CC[C@@]1(I)[C@@](C)(c2cc(NC(=O)c3ccc(F)cn3)ccc2F)N=C(N)N(C)S1(=O)=O)CC1CCOC1. The highest BCUT2D eigenvalue weighted by Crippen LogP contribution is 2.53. The average molecular weight is 677 g/mol. The second kappa shape index (κ2) is 11.2. The number of hydrogen-bond donors (Lipinski definition) is 2. The van der Waals surface area contributed by atoms with Crippen molar-refractivity contribution in [2.75, 3.05) is 45.7 Å². The van der Waals surface area contributed by atoms with Crippen molar-refractivity contribution in [2.24, 2.45) is 16.6 Å². The highest BCUT2D eigenvalue weighted by Gasteiger charge is 2.62. The fourth-order valence-electron chi connectivity index (χ4n) is 4.88. The van der Waals surface area contributed by atoms with Crippen molar-refractivity contribution < 1.29 is 26.7 Å². The number of pyridine rings is 1. The smallest absolute Gasteiger partial charge is 0.274 e. The van der Waals surface area contributed by atoms with Gasteiger partial charge in [0.25, 0.3) is 15.9 Å². The molecular formula is C25H31F2IN6O4S.